The van der Waals surface area contributed by atoms with Crippen molar-refractivity contribution in [3.8, 4) is 0 Å². The number of nitrogens with zero attached hydrogens (tertiary/aromatic N) is 4. The number of hydrogen-bond acceptors (Lipinski definition) is 6. The molecule has 3 heterocycles. The van der Waals surface area contributed by atoms with Crippen LogP contribution in [0.15, 0.2) is 6.07 Å². The molecule has 24 heavy (non-hydrogen) atoms. The maximum atomic E-state index is 12.2. The van der Waals surface area contributed by atoms with E-state index in [1.807, 2.05) is 6.07 Å². The monoisotopic (exact) mass is 354 g/mol. The number of anilines is 1. The van der Waals surface area contributed by atoms with Crippen LogP contribution >= 0.6 is 0 Å². The zero-order valence-corrected chi connectivity index (χ0v) is 14.5. The minimum atomic E-state index is -3.61. The van der Waals surface area contributed by atoms with Gasteiger partial charge in [0.15, 0.2) is 5.82 Å². The molecule has 0 radical (unpaired) electrons. The minimum Gasteiger partial charge on any atom is -0.355 e. The molecule has 0 atom stereocenters. The highest BCUT2D eigenvalue weighted by atomic mass is 32.2. The van der Waals surface area contributed by atoms with E-state index in [1.165, 1.54) is 7.05 Å². The highest BCUT2D eigenvalue weighted by molar-refractivity contribution is 7.87. The number of carbonyl (C=O) groups is 1. The first-order valence-electron chi connectivity index (χ1n) is 8.05. The molecule has 1 aromatic heterocycles. The van der Waals surface area contributed by atoms with Crippen LogP contribution in [0.25, 0.3) is 0 Å². The minimum absolute atomic E-state index is 0.251. The van der Waals surface area contributed by atoms with Gasteiger partial charge < -0.3 is 9.80 Å². The van der Waals surface area contributed by atoms with Crippen LogP contribution in [0.3, 0.4) is 0 Å². The molecule has 1 fully saturated rings. The number of fused-ring (bicyclic) bond motifs is 1. The van der Waals surface area contributed by atoms with Gasteiger partial charge in [0.25, 0.3) is 10.2 Å². The summed E-state index contributed by atoms with van der Waals surface area (Å²) in [6, 6.07) is 2.00. The smallest absolute Gasteiger partial charge is 0.277 e. The molecule has 10 heteroatoms. The number of rotatable bonds is 5. The van der Waals surface area contributed by atoms with E-state index in [1.54, 1.807) is 4.90 Å². The Morgan fingerprint density at radius 3 is 2.71 bits per heavy atom. The molecule has 0 aliphatic carbocycles. The third-order valence-corrected chi connectivity index (χ3v) is 5.45. The summed E-state index contributed by atoms with van der Waals surface area (Å²) in [5, 5.41) is 8.60. The summed E-state index contributed by atoms with van der Waals surface area (Å²) in [6.45, 7) is 2.68. The highest BCUT2D eigenvalue weighted by Gasteiger charge is 2.24. The fraction of sp³-hybridized carbons (Fsp3) is 0.643. The normalized spacial score (nSPS) is 17.9. The van der Waals surface area contributed by atoms with Gasteiger partial charge in [0.1, 0.15) is 0 Å². The summed E-state index contributed by atoms with van der Waals surface area (Å²) in [5.74, 6) is 0.607. The first-order valence-corrected chi connectivity index (χ1v) is 9.53. The Kier molecular flexibility index (Phi) is 4.97. The summed E-state index contributed by atoms with van der Waals surface area (Å²) < 4.78 is 27.1. The van der Waals surface area contributed by atoms with Crippen molar-refractivity contribution in [2.45, 2.75) is 25.8 Å². The second-order valence-electron chi connectivity index (χ2n) is 5.96. The first-order chi connectivity index (χ1) is 11.5. The van der Waals surface area contributed by atoms with E-state index in [9.17, 15) is 13.2 Å². The Bertz CT molecular complexity index is 717. The average molecular weight is 354 g/mol. The van der Waals surface area contributed by atoms with Gasteiger partial charge in [-0.2, -0.15) is 18.2 Å². The Morgan fingerprint density at radius 2 is 2.00 bits per heavy atom. The van der Waals surface area contributed by atoms with Crippen LogP contribution in [0.4, 0.5) is 5.82 Å². The number of aromatic nitrogens is 2. The third kappa shape index (κ3) is 3.82. The lowest BCUT2D eigenvalue weighted by atomic mass is 10.1. The molecule has 0 spiro atoms. The van der Waals surface area contributed by atoms with Gasteiger partial charge in [-0.25, -0.2) is 4.72 Å². The maximum Gasteiger partial charge on any atom is 0.277 e. The van der Waals surface area contributed by atoms with E-state index in [0.29, 0.717) is 19.5 Å². The molecule has 0 aromatic carbocycles. The van der Waals surface area contributed by atoms with Crippen molar-refractivity contribution in [3.05, 3.63) is 17.3 Å². The van der Waals surface area contributed by atoms with E-state index in [-0.39, 0.29) is 12.5 Å². The van der Waals surface area contributed by atoms with Crippen molar-refractivity contribution < 1.29 is 13.2 Å². The molecule has 9 nitrogen and oxygen atoms in total. The molecular weight excluding hydrogens is 332 g/mol. The van der Waals surface area contributed by atoms with E-state index in [2.05, 4.69) is 24.5 Å². The van der Waals surface area contributed by atoms with Gasteiger partial charge >= 0.3 is 0 Å². The topological polar surface area (TPSA) is 108 Å². The number of amides is 1. The molecule has 0 unspecified atom stereocenters. The molecule has 0 saturated carbocycles. The zero-order chi connectivity index (χ0) is 17.2. The summed E-state index contributed by atoms with van der Waals surface area (Å²) in [5.41, 5.74) is 1.90. The zero-order valence-electron chi connectivity index (χ0n) is 13.7. The van der Waals surface area contributed by atoms with Gasteiger partial charge in [-0.1, -0.05) is 0 Å². The van der Waals surface area contributed by atoms with E-state index in [4.69, 9.17) is 0 Å². The molecule has 132 valence electrons. The van der Waals surface area contributed by atoms with E-state index in [0.717, 1.165) is 43.0 Å². The molecule has 2 aliphatic heterocycles. The van der Waals surface area contributed by atoms with Crippen LogP contribution in [0.1, 0.15) is 24.1 Å². The largest absolute Gasteiger partial charge is 0.355 e. The predicted octanol–water partition coefficient (Wildman–Crippen LogP) is -0.985. The summed E-state index contributed by atoms with van der Waals surface area (Å²) in [7, 11) is -2.31. The van der Waals surface area contributed by atoms with Gasteiger partial charge in [0.2, 0.25) is 5.91 Å². The lowest BCUT2D eigenvalue weighted by Crippen LogP contribution is -2.45. The van der Waals surface area contributed by atoms with Crippen LogP contribution in [-0.4, -0.2) is 62.6 Å². The molecule has 3 rings (SSSR count). The summed E-state index contributed by atoms with van der Waals surface area (Å²) in [4.78, 5) is 16.1. The van der Waals surface area contributed by atoms with Crippen molar-refractivity contribution in [2.24, 2.45) is 0 Å². The Labute approximate surface area is 141 Å². The van der Waals surface area contributed by atoms with Crippen LogP contribution in [-0.2, 0) is 28.0 Å². The van der Waals surface area contributed by atoms with Gasteiger partial charge in [-0.3, -0.25) is 4.79 Å². The van der Waals surface area contributed by atoms with Gasteiger partial charge in [0, 0.05) is 39.6 Å². The molecular formula is C14H22N6O3S. The number of hydrogen-bond donors (Lipinski definition) is 2. The van der Waals surface area contributed by atoms with Crippen molar-refractivity contribution in [3.63, 3.8) is 0 Å². The fourth-order valence-electron chi connectivity index (χ4n) is 2.97. The van der Waals surface area contributed by atoms with Gasteiger partial charge in [0.05, 0.1) is 12.2 Å². The number of nitrogens with one attached hydrogen (secondary N) is 2. The maximum absolute atomic E-state index is 12.2. The molecule has 2 N–H and O–H groups in total. The van der Waals surface area contributed by atoms with Gasteiger partial charge in [-0.05, 0) is 24.5 Å². The first kappa shape index (κ1) is 17.1. The third-order valence-electron chi connectivity index (χ3n) is 4.39. The summed E-state index contributed by atoms with van der Waals surface area (Å²) in [6.07, 6.45) is 2.96. The van der Waals surface area contributed by atoms with Crippen molar-refractivity contribution in [2.75, 3.05) is 38.1 Å². The molecule has 1 amide bonds. The Balaban J connectivity index is 1.66. The highest BCUT2D eigenvalue weighted by Crippen LogP contribution is 2.23. The Morgan fingerprint density at radius 1 is 1.25 bits per heavy atom. The van der Waals surface area contributed by atoms with Crippen LogP contribution in [0.2, 0.25) is 0 Å². The van der Waals surface area contributed by atoms with Crippen molar-refractivity contribution in [1.29, 1.82) is 0 Å². The molecule has 2 aliphatic rings. The standard InChI is InChI=1S/C14H22N6O3S/c1-15-24(22,23)16-9-14(21)20-7-4-12-11(10-20)8-13(18-17-12)19-5-2-3-6-19/h8,15-16H,2-7,9-10H2,1H3. The second kappa shape index (κ2) is 6.99. The van der Waals surface area contributed by atoms with Crippen LogP contribution in [0.5, 0.6) is 0 Å². The van der Waals surface area contributed by atoms with Crippen LogP contribution < -0.4 is 14.3 Å². The van der Waals surface area contributed by atoms with E-state index < -0.39 is 10.2 Å². The quantitative estimate of drug-likeness (QED) is 0.703. The van der Waals surface area contributed by atoms with E-state index >= 15 is 0 Å². The molecule has 1 saturated heterocycles. The van der Waals surface area contributed by atoms with Crippen molar-refractivity contribution in [1.82, 2.24) is 24.5 Å². The lowest BCUT2D eigenvalue weighted by molar-refractivity contribution is -0.130. The summed E-state index contributed by atoms with van der Waals surface area (Å²) >= 11 is 0. The van der Waals surface area contributed by atoms with Crippen molar-refractivity contribution >= 4 is 21.9 Å². The van der Waals surface area contributed by atoms with Gasteiger partial charge in [-0.15, -0.1) is 5.10 Å². The average Bonchev–Trinajstić information content (AvgIpc) is 3.13. The lowest BCUT2D eigenvalue weighted by Gasteiger charge is -2.29. The molecule has 1 aromatic rings. The second-order valence-corrected chi connectivity index (χ2v) is 7.67. The van der Waals surface area contributed by atoms with Crippen LogP contribution in [0, 0.1) is 0 Å². The number of carbonyl (C=O) groups excluding carboxylic acids is 1. The molecule has 0 bridgehead atoms. The predicted molar refractivity (Wildman–Crippen MR) is 88.6 cm³/mol. The fourth-order valence-corrected chi connectivity index (χ4v) is 3.43. The SMILES string of the molecule is CNS(=O)(=O)NCC(=O)N1CCc2nnc(N3CCCC3)cc2C1. The Hall–Kier alpha value is -1.78.